The zero-order chi connectivity index (χ0) is 18.8. The minimum Gasteiger partial charge on any atom is -0.368 e. The predicted molar refractivity (Wildman–Crippen MR) is 106 cm³/mol. The summed E-state index contributed by atoms with van der Waals surface area (Å²) < 4.78 is 5.73. The largest absolute Gasteiger partial charge is 0.368 e. The molecule has 0 bridgehead atoms. The summed E-state index contributed by atoms with van der Waals surface area (Å²) in [6.07, 6.45) is 8.14. The number of amides is 1. The van der Waals surface area contributed by atoms with E-state index in [1.807, 2.05) is 12.3 Å². The first-order valence-electron chi connectivity index (χ1n) is 9.94. The Hall–Kier alpha value is -1.96. The summed E-state index contributed by atoms with van der Waals surface area (Å²) in [4.78, 5) is 22.4. The molecule has 7 heteroatoms. The lowest BCUT2D eigenvalue weighted by molar-refractivity contribution is -0.123. The van der Waals surface area contributed by atoms with E-state index in [0.29, 0.717) is 11.9 Å². The van der Waals surface area contributed by atoms with Crippen LogP contribution >= 0.6 is 0 Å². The van der Waals surface area contributed by atoms with Crippen molar-refractivity contribution in [2.75, 3.05) is 25.5 Å². The highest BCUT2D eigenvalue weighted by atomic mass is 16.5. The van der Waals surface area contributed by atoms with Gasteiger partial charge in [0.2, 0.25) is 0 Å². The van der Waals surface area contributed by atoms with Crippen molar-refractivity contribution in [3.63, 3.8) is 0 Å². The normalized spacial score (nSPS) is 26.5. The van der Waals surface area contributed by atoms with Crippen LogP contribution in [-0.2, 0) is 9.53 Å². The van der Waals surface area contributed by atoms with Crippen LogP contribution in [0.15, 0.2) is 18.3 Å². The van der Waals surface area contributed by atoms with Gasteiger partial charge in [0.15, 0.2) is 0 Å². The van der Waals surface area contributed by atoms with E-state index in [4.69, 9.17) is 10.5 Å². The second kappa shape index (κ2) is 7.96. The monoisotopic (exact) mass is 371 g/mol. The fourth-order valence-electron chi connectivity index (χ4n) is 4.23. The third-order valence-corrected chi connectivity index (χ3v) is 5.84. The van der Waals surface area contributed by atoms with Crippen molar-refractivity contribution >= 4 is 22.6 Å². The number of rotatable bonds is 5. The van der Waals surface area contributed by atoms with Crippen LogP contribution in [0, 0.1) is 0 Å². The van der Waals surface area contributed by atoms with Crippen molar-refractivity contribution in [1.29, 1.82) is 0 Å². The number of anilines is 1. The lowest BCUT2D eigenvalue weighted by Crippen LogP contribution is -2.32. The van der Waals surface area contributed by atoms with E-state index < -0.39 is 0 Å². The van der Waals surface area contributed by atoms with Crippen LogP contribution in [0.3, 0.4) is 0 Å². The van der Waals surface area contributed by atoms with Crippen LogP contribution < -0.4 is 11.1 Å². The minimum atomic E-state index is -0.168. The average Bonchev–Trinajstić information content (AvgIpc) is 3.26. The molecule has 0 spiro atoms. The molecule has 1 saturated carbocycles. The van der Waals surface area contributed by atoms with Crippen LogP contribution in [0.5, 0.6) is 0 Å². The number of aromatic amines is 1. The second-order valence-corrected chi connectivity index (χ2v) is 7.92. The Morgan fingerprint density at radius 1 is 1.33 bits per heavy atom. The summed E-state index contributed by atoms with van der Waals surface area (Å²) in [5.74, 6) is 0.383. The molecule has 4 rings (SSSR count). The summed E-state index contributed by atoms with van der Waals surface area (Å²) in [5, 5.41) is 3.91. The van der Waals surface area contributed by atoms with E-state index in [2.05, 4.69) is 33.3 Å². The maximum Gasteiger partial charge on any atom is 0.251 e. The number of likely N-dealkylation sites (tertiary alicyclic amines) is 1. The Balaban J connectivity index is 1.35. The highest BCUT2D eigenvalue weighted by molar-refractivity contribution is 5.93. The number of ether oxygens (including phenoxy) is 1. The smallest absolute Gasteiger partial charge is 0.251 e. The van der Waals surface area contributed by atoms with Crippen molar-refractivity contribution in [3.05, 3.63) is 24.0 Å². The molecule has 7 nitrogen and oxygen atoms in total. The van der Waals surface area contributed by atoms with Gasteiger partial charge in [0.1, 0.15) is 12.4 Å². The summed E-state index contributed by atoms with van der Waals surface area (Å²) in [5.41, 5.74) is 8.12. The van der Waals surface area contributed by atoms with Gasteiger partial charge < -0.3 is 20.8 Å². The number of carbonyl (C=O) groups is 1. The summed E-state index contributed by atoms with van der Waals surface area (Å²) in [6.45, 7) is 1.19. The van der Waals surface area contributed by atoms with Crippen molar-refractivity contribution < 1.29 is 9.53 Å². The number of nitrogens with zero attached hydrogens (tertiary/aromatic N) is 2. The van der Waals surface area contributed by atoms with Crippen molar-refractivity contribution in [1.82, 2.24) is 14.9 Å². The zero-order valence-corrected chi connectivity index (χ0v) is 15.9. The number of pyridine rings is 1. The SMILES string of the molecule is CN1CCC[C@@H]1c1cc2cnc(NC(=O)COC3CCC(N)CC3)cc2[nH]1. The molecule has 2 aromatic rings. The van der Waals surface area contributed by atoms with Crippen LogP contribution in [0.1, 0.15) is 50.3 Å². The molecule has 0 unspecified atom stereocenters. The number of hydrogen-bond acceptors (Lipinski definition) is 5. The first-order valence-corrected chi connectivity index (χ1v) is 9.94. The van der Waals surface area contributed by atoms with E-state index in [1.54, 1.807) is 0 Å². The van der Waals surface area contributed by atoms with E-state index >= 15 is 0 Å². The number of nitrogens with two attached hydrogens (primary N) is 1. The fourth-order valence-corrected chi connectivity index (χ4v) is 4.23. The number of fused-ring (bicyclic) bond motifs is 1. The quantitative estimate of drug-likeness (QED) is 0.751. The number of nitrogens with one attached hydrogen (secondary N) is 2. The second-order valence-electron chi connectivity index (χ2n) is 7.92. The van der Waals surface area contributed by atoms with Gasteiger partial charge in [0.25, 0.3) is 5.91 Å². The Labute approximate surface area is 159 Å². The van der Waals surface area contributed by atoms with Crippen LogP contribution in [-0.4, -0.2) is 53.1 Å². The van der Waals surface area contributed by atoms with Crippen molar-refractivity contribution in [2.45, 2.75) is 56.7 Å². The summed E-state index contributed by atoms with van der Waals surface area (Å²) >= 11 is 0. The highest BCUT2D eigenvalue weighted by Crippen LogP contribution is 2.32. The Kier molecular flexibility index (Phi) is 5.43. The Morgan fingerprint density at radius 3 is 2.89 bits per heavy atom. The summed E-state index contributed by atoms with van der Waals surface area (Å²) in [6, 6.07) is 4.78. The lowest BCUT2D eigenvalue weighted by atomic mass is 9.94. The highest BCUT2D eigenvalue weighted by Gasteiger charge is 2.24. The number of carbonyl (C=O) groups excluding carboxylic acids is 1. The van der Waals surface area contributed by atoms with Crippen LogP contribution in [0.4, 0.5) is 5.82 Å². The molecular weight excluding hydrogens is 342 g/mol. The zero-order valence-electron chi connectivity index (χ0n) is 15.9. The van der Waals surface area contributed by atoms with E-state index in [0.717, 1.165) is 43.1 Å². The third-order valence-electron chi connectivity index (χ3n) is 5.84. The molecule has 4 N–H and O–H groups in total. The van der Waals surface area contributed by atoms with E-state index in [9.17, 15) is 4.79 Å². The standard InChI is InChI=1S/C20H29N5O2/c1-25-8-2-3-18(25)17-9-13-11-22-19(10-16(13)23-17)24-20(26)12-27-15-6-4-14(21)5-7-15/h9-11,14-15,18,23H,2-8,12,21H2,1H3,(H,22,24,26)/t14?,15?,18-/m1/s1. The van der Waals surface area contributed by atoms with Gasteiger partial charge in [-0.2, -0.15) is 0 Å². The van der Waals surface area contributed by atoms with Crippen molar-refractivity contribution in [2.24, 2.45) is 5.73 Å². The number of H-pyrrole nitrogens is 1. The van der Waals surface area contributed by atoms with Crippen molar-refractivity contribution in [3.8, 4) is 0 Å². The molecule has 27 heavy (non-hydrogen) atoms. The van der Waals surface area contributed by atoms with Gasteiger partial charge in [0.05, 0.1) is 11.6 Å². The van der Waals surface area contributed by atoms with Gasteiger partial charge in [-0.1, -0.05) is 0 Å². The first kappa shape index (κ1) is 18.4. The molecule has 0 radical (unpaired) electrons. The topological polar surface area (TPSA) is 96.3 Å². The predicted octanol–water partition coefficient (Wildman–Crippen LogP) is 2.55. The Morgan fingerprint density at radius 2 is 2.15 bits per heavy atom. The van der Waals surface area contributed by atoms with Gasteiger partial charge in [-0.15, -0.1) is 0 Å². The molecule has 1 aliphatic carbocycles. The minimum absolute atomic E-state index is 0.0580. The molecule has 1 amide bonds. The van der Waals surface area contributed by atoms with Gasteiger partial charge in [-0.25, -0.2) is 4.98 Å². The van der Waals surface area contributed by atoms with Gasteiger partial charge in [0, 0.05) is 35.4 Å². The molecule has 3 heterocycles. The maximum absolute atomic E-state index is 12.2. The molecule has 2 fully saturated rings. The number of hydrogen-bond donors (Lipinski definition) is 3. The first-order chi connectivity index (χ1) is 13.1. The molecule has 2 aliphatic rings. The van der Waals surface area contributed by atoms with Gasteiger partial charge >= 0.3 is 0 Å². The van der Waals surface area contributed by atoms with Crippen LogP contribution in [0.25, 0.3) is 10.9 Å². The maximum atomic E-state index is 12.2. The van der Waals surface area contributed by atoms with Gasteiger partial charge in [-0.3, -0.25) is 9.69 Å². The molecular formula is C20H29N5O2. The third kappa shape index (κ3) is 4.31. The lowest BCUT2D eigenvalue weighted by Gasteiger charge is -2.25. The Bertz CT molecular complexity index is 797. The fraction of sp³-hybridized carbons (Fsp3) is 0.600. The molecule has 1 atom stereocenters. The molecule has 1 saturated heterocycles. The molecule has 0 aromatic carbocycles. The number of aromatic nitrogens is 2. The van der Waals surface area contributed by atoms with E-state index in [-0.39, 0.29) is 24.7 Å². The summed E-state index contributed by atoms with van der Waals surface area (Å²) in [7, 11) is 2.16. The molecule has 1 aliphatic heterocycles. The van der Waals surface area contributed by atoms with E-state index in [1.165, 1.54) is 18.5 Å². The van der Waals surface area contributed by atoms with Crippen LogP contribution in [0.2, 0.25) is 0 Å². The molecule has 2 aromatic heterocycles. The van der Waals surface area contributed by atoms with Gasteiger partial charge in [-0.05, 0) is 58.2 Å². The average molecular weight is 371 g/mol. The molecule has 146 valence electrons.